The lowest BCUT2D eigenvalue weighted by Crippen LogP contribution is -2.15. The van der Waals surface area contributed by atoms with Crippen LogP contribution in [0.5, 0.6) is 0 Å². The van der Waals surface area contributed by atoms with Crippen LogP contribution in [0.3, 0.4) is 0 Å². The van der Waals surface area contributed by atoms with E-state index in [-0.39, 0.29) is 24.4 Å². The predicted molar refractivity (Wildman–Crippen MR) is 84.9 cm³/mol. The predicted octanol–water partition coefficient (Wildman–Crippen LogP) is 2.33. The molecule has 3 rings (SSSR count). The number of anilines is 1. The van der Waals surface area contributed by atoms with Crippen molar-refractivity contribution in [3.05, 3.63) is 48.3 Å². The van der Waals surface area contributed by atoms with Gasteiger partial charge in [0.05, 0.1) is 12.1 Å². The van der Waals surface area contributed by atoms with Gasteiger partial charge in [0.15, 0.2) is 0 Å². The van der Waals surface area contributed by atoms with Gasteiger partial charge < -0.3 is 10.1 Å². The van der Waals surface area contributed by atoms with Crippen LogP contribution in [-0.2, 0) is 16.1 Å². The fourth-order valence-corrected chi connectivity index (χ4v) is 2.36. The van der Waals surface area contributed by atoms with Gasteiger partial charge in [0.2, 0.25) is 5.91 Å². The van der Waals surface area contributed by atoms with E-state index in [2.05, 4.69) is 17.3 Å². The molecule has 23 heavy (non-hydrogen) atoms. The monoisotopic (exact) mass is 313 g/mol. The summed E-state index contributed by atoms with van der Waals surface area (Å²) < 4.78 is 6.90. The van der Waals surface area contributed by atoms with Crippen LogP contribution in [0.1, 0.15) is 23.7 Å². The summed E-state index contributed by atoms with van der Waals surface area (Å²) in [6, 6.07) is 8.56. The molecule has 6 nitrogen and oxygen atoms in total. The Hall–Kier alpha value is -2.63. The topological polar surface area (TPSA) is 73.2 Å². The Morgan fingerprint density at radius 3 is 2.70 bits per heavy atom. The molecule has 2 aromatic rings. The van der Waals surface area contributed by atoms with E-state index in [1.165, 1.54) is 0 Å². The molecule has 1 saturated carbocycles. The summed E-state index contributed by atoms with van der Waals surface area (Å²) in [6.07, 6.45) is 4.44. The summed E-state index contributed by atoms with van der Waals surface area (Å²) in [7, 11) is 0. The quantitative estimate of drug-likeness (QED) is 0.831. The van der Waals surface area contributed by atoms with Gasteiger partial charge in [0.1, 0.15) is 6.61 Å². The van der Waals surface area contributed by atoms with E-state index < -0.39 is 0 Å². The van der Waals surface area contributed by atoms with Crippen molar-refractivity contribution >= 4 is 17.6 Å². The molecule has 1 heterocycles. The zero-order chi connectivity index (χ0) is 16.2. The first-order valence-electron chi connectivity index (χ1n) is 7.69. The second-order valence-electron chi connectivity index (χ2n) is 5.79. The number of esters is 1. The first-order chi connectivity index (χ1) is 11.1. The van der Waals surface area contributed by atoms with Crippen molar-refractivity contribution < 1.29 is 14.3 Å². The van der Waals surface area contributed by atoms with E-state index in [9.17, 15) is 9.59 Å². The minimum atomic E-state index is -0.383. The van der Waals surface area contributed by atoms with E-state index in [0.29, 0.717) is 23.7 Å². The third-order valence-corrected chi connectivity index (χ3v) is 3.95. The summed E-state index contributed by atoms with van der Waals surface area (Å²) in [5.74, 6) is 0.263. The van der Waals surface area contributed by atoms with Gasteiger partial charge >= 0.3 is 5.97 Å². The molecule has 0 radical (unpaired) electrons. The van der Waals surface area contributed by atoms with Crippen LogP contribution in [0.4, 0.5) is 5.69 Å². The fourth-order valence-electron chi connectivity index (χ4n) is 2.36. The van der Waals surface area contributed by atoms with Gasteiger partial charge in [-0.2, -0.15) is 5.10 Å². The highest BCUT2D eigenvalue weighted by Crippen LogP contribution is 2.38. The summed E-state index contributed by atoms with van der Waals surface area (Å²) >= 11 is 0. The van der Waals surface area contributed by atoms with Crippen molar-refractivity contribution in [3.8, 4) is 0 Å². The lowest BCUT2D eigenvalue weighted by atomic mass is 10.2. The standard InChI is InChI=1S/C17H19N3O3/c1-12-11-15(12)16(21)19-14-5-3-13(4-6-14)17(22)23-10-9-20-8-2-7-18-20/h2-8,12,15H,9-11H2,1H3,(H,19,21)/t12-,15-/m1/s1. The molecule has 0 unspecified atom stereocenters. The van der Waals surface area contributed by atoms with Crippen molar-refractivity contribution in [1.82, 2.24) is 9.78 Å². The molecule has 2 atom stereocenters. The van der Waals surface area contributed by atoms with Crippen molar-refractivity contribution in [1.29, 1.82) is 0 Å². The van der Waals surface area contributed by atoms with Crippen LogP contribution >= 0.6 is 0 Å². The zero-order valence-electron chi connectivity index (χ0n) is 12.9. The lowest BCUT2D eigenvalue weighted by Gasteiger charge is -2.07. The molecule has 1 aliphatic carbocycles. The normalized spacial score (nSPS) is 19.2. The Labute approximate surface area is 134 Å². The molecule has 1 aromatic carbocycles. The molecule has 1 N–H and O–H groups in total. The van der Waals surface area contributed by atoms with Crippen molar-refractivity contribution in [2.24, 2.45) is 11.8 Å². The molecular weight excluding hydrogens is 294 g/mol. The molecular formula is C17H19N3O3. The number of hydrogen-bond donors (Lipinski definition) is 1. The number of benzene rings is 1. The smallest absolute Gasteiger partial charge is 0.338 e. The maximum Gasteiger partial charge on any atom is 0.338 e. The summed E-state index contributed by atoms with van der Waals surface area (Å²) in [6.45, 7) is 2.84. The molecule has 0 saturated heterocycles. The van der Waals surface area contributed by atoms with E-state index >= 15 is 0 Å². The Kier molecular flexibility index (Phi) is 4.41. The van der Waals surface area contributed by atoms with Gasteiger partial charge in [-0.15, -0.1) is 0 Å². The molecule has 1 fully saturated rings. The average Bonchev–Trinajstić information content (AvgIpc) is 3.06. The number of amides is 1. The average molecular weight is 313 g/mol. The van der Waals surface area contributed by atoms with Gasteiger partial charge in [0, 0.05) is 24.0 Å². The second kappa shape index (κ2) is 6.64. The van der Waals surface area contributed by atoms with Crippen molar-refractivity contribution in [2.45, 2.75) is 19.9 Å². The number of nitrogens with one attached hydrogen (secondary N) is 1. The summed E-state index contributed by atoms with van der Waals surface area (Å²) in [5, 5.41) is 6.89. The molecule has 1 amide bonds. The zero-order valence-corrected chi connectivity index (χ0v) is 12.9. The minimum absolute atomic E-state index is 0.0482. The third kappa shape index (κ3) is 3.97. The molecule has 120 valence electrons. The number of nitrogens with zero attached hydrogens (tertiary/aromatic N) is 2. The Bertz CT molecular complexity index is 680. The molecule has 0 aliphatic heterocycles. The maximum absolute atomic E-state index is 11.9. The first-order valence-corrected chi connectivity index (χ1v) is 7.69. The Morgan fingerprint density at radius 2 is 2.09 bits per heavy atom. The van der Waals surface area contributed by atoms with Crippen LogP contribution < -0.4 is 5.32 Å². The lowest BCUT2D eigenvalue weighted by molar-refractivity contribution is -0.117. The number of carbonyl (C=O) groups excluding carboxylic acids is 2. The van der Waals surface area contributed by atoms with E-state index in [0.717, 1.165) is 6.42 Å². The third-order valence-electron chi connectivity index (χ3n) is 3.95. The number of ether oxygens (including phenoxy) is 1. The molecule has 0 spiro atoms. The van der Waals surface area contributed by atoms with Crippen molar-refractivity contribution in [3.63, 3.8) is 0 Å². The molecule has 6 heteroatoms. The highest BCUT2D eigenvalue weighted by Gasteiger charge is 2.39. The van der Waals surface area contributed by atoms with Gasteiger partial charge in [-0.1, -0.05) is 6.92 Å². The molecule has 1 aromatic heterocycles. The summed E-state index contributed by atoms with van der Waals surface area (Å²) in [4.78, 5) is 23.8. The largest absolute Gasteiger partial charge is 0.460 e. The van der Waals surface area contributed by atoms with E-state index in [4.69, 9.17) is 4.74 Å². The Morgan fingerprint density at radius 1 is 1.35 bits per heavy atom. The van der Waals surface area contributed by atoms with Crippen LogP contribution in [0.25, 0.3) is 0 Å². The van der Waals surface area contributed by atoms with Crippen LogP contribution in [0.2, 0.25) is 0 Å². The first kappa shape index (κ1) is 15.3. The van der Waals surface area contributed by atoms with Crippen LogP contribution in [0.15, 0.2) is 42.7 Å². The van der Waals surface area contributed by atoms with Gasteiger partial charge in [-0.3, -0.25) is 9.48 Å². The van der Waals surface area contributed by atoms with Crippen LogP contribution in [0, 0.1) is 11.8 Å². The highest BCUT2D eigenvalue weighted by molar-refractivity contribution is 5.95. The van der Waals surface area contributed by atoms with E-state index in [1.807, 2.05) is 12.3 Å². The van der Waals surface area contributed by atoms with Crippen molar-refractivity contribution in [2.75, 3.05) is 11.9 Å². The SMILES string of the molecule is C[C@@H]1C[C@H]1C(=O)Nc1ccc(C(=O)OCCn2cccn2)cc1. The van der Waals surface area contributed by atoms with E-state index in [1.54, 1.807) is 35.1 Å². The number of aromatic nitrogens is 2. The van der Waals surface area contributed by atoms with Gasteiger partial charge in [-0.05, 0) is 42.7 Å². The summed E-state index contributed by atoms with van der Waals surface area (Å²) in [5.41, 5.74) is 1.16. The van der Waals surface area contributed by atoms with Gasteiger partial charge in [0.25, 0.3) is 0 Å². The Balaban J connectivity index is 1.48. The number of hydrogen-bond acceptors (Lipinski definition) is 4. The highest BCUT2D eigenvalue weighted by atomic mass is 16.5. The minimum Gasteiger partial charge on any atom is -0.460 e. The van der Waals surface area contributed by atoms with Gasteiger partial charge in [-0.25, -0.2) is 4.79 Å². The number of rotatable bonds is 6. The molecule has 1 aliphatic rings. The fraction of sp³-hybridized carbons (Fsp3) is 0.353. The van der Waals surface area contributed by atoms with Crippen LogP contribution in [-0.4, -0.2) is 28.3 Å². The molecule has 0 bridgehead atoms. The number of carbonyl (C=O) groups is 2. The second-order valence-corrected chi connectivity index (χ2v) is 5.79. The maximum atomic E-state index is 11.9.